The lowest BCUT2D eigenvalue weighted by molar-refractivity contribution is 1.51. The van der Waals surface area contributed by atoms with Crippen LogP contribution < -0.4 is 5.73 Å². The average molecular weight is 244 g/mol. The van der Waals surface area contributed by atoms with Crippen molar-refractivity contribution in [1.29, 1.82) is 0 Å². The van der Waals surface area contributed by atoms with Crippen molar-refractivity contribution < 1.29 is 0 Å². The summed E-state index contributed by atoms with van der Waals surface area (Å²) in [6, 6.07) is 20.4. The number of nitrogens with zero attached hydrogens (tertiary/aromatic N) is 1. The van der Waals surface area contributed by atoms with Crippen molar-refractivity contribution in [2.24, 2.45) is 0 Å². The van der Waals surface area contributed by atoms with Gasteiger partial charge in [-0.1, -0.05) is 48.5 Å². The van der Waals surface area contributed by atoms with Crippen LogP contribution in [0.1, 0.15) is 0 Å². The van der Waals surface area contributed by atoms with E-state index in [0.29, 0.717) is 0 Å². The normalized spacial score (nSPS) is 11.4. The fourth-order valence-corrected chi connectivity index (χ4v) is 2.70. The third-order valence-electron chi connectivity index (χ3n) is 3.61. The van der Waals surface area contributed by atoms with E-state index in [9.17, 15) is 0 Å². The first-order valence-corrected chi connectivity index (χ1v) is 6.30. The molecular weight excluding hydrogens is 232 g/mol. The Morgan fingerprint density at radius 2 is 1.42 bits per heavy atom. The van der Waals surface area contributed by atoms with Gasteiger partial charge in [-0.25, -0.2) is 4.98 Å². The second kappa shape index (κ2) is 3.69. The zero-order chi connectivity index (χ0) is 12.8. The summed E-state index contributed by atoms with van der Waals surface area (Å²) in [5.41, 5.74) is 9.10. The van der Waals surface area contributed by atoms with Gasteiger partial charge in [-0.3, -0.25) is 0 Å². The Kier molecular flexibility index (Phi) is 2.00. The molecule has 0 bridgehead atoms. The summed E-state index contributed by atoms with van der Waals surface area (Å²) in [5, 5.41) is 4.43. The van der Waals surface area contributed by atoms with Gasteiger partial charge in [0.2, 0.25) is 0 Å². The molecule has 1 heterocycles. The molecule has 90 valence electrons. The van der Waals surface area contributed by atoms with Gasteiger partial charge in [-0.15, -0.1) is 0 Å². The van der Waals surface area contributed by atoms with Crippen LogP contribution in [0.4, 0.5) is 5.69 Å². The summed E-state index contributed by atoms with van der Waals surface area (Å²) in [6.45, 7) is 0. The number of nitrogens with two attached hydrogens (primary N) is 1. The van der Waals surface area contributed by atoms with Crippen LogP contribution in [-0.4, -0.2) is 4.98 Å². The van der Waals surface area contributed by atoms with Gasteiger partial charge in [0.05, 0.1) is 16.7 Å². The molecule has 4 rings (SSSR count). The molecule has 19 heavy (non-hydrogen) atoms. The quantitative estimate of drug-likeness (QED) is 0.373. The zero-order valence-electron chi connectivity index (χ0n) is 10.3. The van der Waals surface area contributed by atoms with Crippen molar-refractivity contribution in [3.8, 4) is 0 Å². The topological polar surface area (TPSA) is 38.9 Å². The molecule has 3 aromatic carbocycles. The van der Waals surface area contributed by atoms with E-state index in [4.69, 9.17) is 10.7 Å². The van der Waals surface area contributed by atoms with Gasteiger partial charge < -0.3 is 5.73 Å². The molecule has 4 aromatic rings. The van der Waals surface area contributed by atoms with Gasteiger partial charge in [0.15, 0.2) is 0 Å². The van der Waals surface area contributed by atoms with Crippen molar-refractivity contribution in [2.45, 2.75) is 0 Å². The molecule has 1 aromatic heterocycles. The van der Waals surface area contributed by atoms with Crippen molar-refractivity contribution in [1.82, 2.24) is 4.98 Å². The van der Waals surface area contributed by atoms with E-state index in [-0.39, 0.29) is 0 Å². The number of aromatic nitrogens is 1. The highest BCUT2D eigenvalue weighted by Gasteiger charge is 2.08. The highest BCUT2D eigenvalue weighted by atomic mass is 14.7. The van der Waals surface area contributed by atoms with Crippen LogP contribution in [0.15, 0.2) is 60.7 Å². The van der Waals surface area contributed by atoms with Crippen LogP contribution in [0.25, 0.3) is 32.6 Å². The Balaban J connectivity index is 2.33. The third-order valence-corrected chi connectivity index (χ3v) is 3.61. The van der Waals surface area contributed by atoms with Crippen LogP contribution in [0.3, 0.4) is 0 Å². The predicted octanol–water partition coefficient (Wildman–Crippen LogP) is 4.12. The highest BCUT2D eigenvalue weighted by molar-refractivity contribution is 6.17. The number of anilines is 1. The summed E-state index contributed by atoms with van der Waals surface area (Å²) in [7, 11) is 0. The fraction of sp³-hybridized carbons (Fsp3) is 0. The Morgan fingerprint density at radius 1 is 0.684 bits per heavy atom. The number of fused-ring (bicyclic) bond motifs is 4. The first kappa shape index (κ1) is 10.3. The summed E-state index contributed by atoms with van der Waals surface area (Å²) >= 11 is 0. The Hall–Kier alpha value is -2.61. The van der Waals surface area contributed by atoms with E-state index >= 15 is 0 Å². The van der Waals surface area contributed by atoms with E-state index in [0.717, 1.165) is 32.9 Å². The summed E-state index contributed by atoms with van der Waals surface area (Å²) in [4.78, 5) is 4.71. The van der Waals surface area contributed by atoms with Crippen molar-refractivity contribution in [3.63, 3.8) is 0 Å². The Labute approximate surface area is 110 Å². The van der Waals surface area contributed by atoms with Gasteiger partial charge >= 0.3 is 0 Å². The smallest absolute Gasteiger partial charge is 0.0736 e. The minimum atomic E-state index is 0.817. The van der Waals surface area contributed by atoms with Gasteiger partial charge in [0.1, 0.15) is 0 Å². The first-order valence-electron chi connectivity index (χ1n) is 6.30. The lowest BCUT2D eigenvalue weighted by Gasteiger charge is -2.09. The molecule has 0 aliphatic heterocycles. The molecule has 2 heteroatoms. The first-order chi connectivity index (χ1) is 9.34. The van der Waals surface area contributed by atoms with E-state index < -0.39 is 0 Å². The fourth-order valence-electron chi connectivity index (χ4n) is 2.70. The molecule has 0 saturated heterocycles. The second-order valence-electron chi connectivity index (χ2n) is 4.72. The van der Waals surface area contributed by atoms with Crippen molar-refractivity contribution in [3.05, 3.63) is 60.7 Å². The van der Waals surface area contributed by atoms with Crippen molar-refractivity contribution in [2.75, 3.05) is 5.73 Å². The summed E-state index contributed by atoms with van der Waals surface area (Å²) in [6.07, 6.45) is 0. The van der Waals surface area contributed by atoms with E-state index in [1.165, 1.54) is 5.39 Å². The number of benzene rings is 3. The number of nitrogen functional groups attached to an aromatic ring is 1. The molecule has 0 saturated carbocycles. The standard InChI is InChI=1S/C17H12N2/c18-17-13-7-3-4-8-14(13)19-15-10-9-11-5-1-2-6-12(11)16(15)17/h1-10H,(H2,18,19). The molecule has 0 spiro atoms. The molecule has 0 radical (unpaired) electrons. The number of hydrogen-bond donors (Lipinski definition) is 1. The number of para-hydroxylation sites is 1. The lowest BCUT2D eigenvalue weighted by atomic mass is 10.0. The van der Waals surface area contributed by atoms with Gasteiger partial charge in [-0.05, 0) is 22.9 Å². The molecule has 0 unspecified atom stereocenters. The average Bonchev–Trinajstić information content (AvgIpc) is 2.47. The molecule has 2 nitrogen and oxygen atoms in total. The monoisotopic (exact) mass is 244 g/mol. The van der Waals surface area contributed by atoms with E-state index in [1.807, 2.05) is 42.5 Å². The molecule has 0 atom stereocenters. The maximum Gasteiger partial charge on any atom is 0.0736 e. The molecule has 0 aliphatic rings. The lowest BCUT2D eigenvalue weighted by Crippen LogP contribution is -1.93. The second-order valence-corrected chi connectivity index (χ2v) is 4.72. The van der Waals surface area contributed by atoms with Crippen LogP contribution in [-0.2, 0) is 0 Å². The zero-order valence-corrected chi connectivity index (χ0v) is 10.3. The molecule has 0 amide bonds. The Morgan fingerprint density at radius 3 is 2.32 bits per heavy atom. The van der Waals surface area contributed by atoms with Crippen molar-refractivity contribution >= 4 is 38.3 Å². The van der Waals surface area contributed by atoms with E-state index in [2.05, 4.69) is 18.2 Å². The van der Waals surface area contributed by atoms with Gasteiger partial charge in [0, 0.05) is 10.8 Å². The van der Waals surface area contributed by atoms with Gasteiger partial charge in [0.25, 0.3) is 0 Å². The van der Waals surface area contributed by atoms with Crippen LogP contribution in [0.5, 0.6) is 0 Å². The number of rotatable bonds is 0. The SMILES string of the molecule is Nc1c2ccccc2nc2ccc3ccccc3c12. The molecule has 2 N–H and O–H groups in total. The number of hydrogen-bond acceptors (Lipinski definition) is 2. The van der Waals surface area contributed by atoms with Crippen LogP contribution in [0, 0.1) is 0 Å². The highest BCUT2D eigenvalue weighted by Crippen LogP contribution is 2.33. The maximum absolute atomic E-state index is 6.38. The summed E-state index contributed by atoms with van der Waals surface area (Å²) in [5.74, 6) is 0. The van der Waals surface area contributed by atoms with Crippen LogP contribution >= 0.6 is 0 Å². The Bertz CT molecular complexity index is 926. The maximum atomic E-state index is 6.38. The van der Waals surface area contributed by atoms with Crippen LogP contribution in [0.2, 0.25) is 0 Å². The molecule has 0 fully saturated rings. The molecular formula is C17H12N2. The summed E-state index contributed by atoms with van der Waals surface area (Å²) < 4.78 is 0. The largest absolute Gasteiger partial charge is 0.398 e. The minimum absolute atomic E-state index is 0.817. The minimum Gasteiger partial charge on any atom is -0.398 e. The van der Waals surface area contributed by atoms with E-state index in [1.54, 1.807) is 0 Å². The number of pyridine rings is 1. The third kappa shape index (κ3) is 1.40. The molecule has 0 aliphatic carbocycles. The van der Waals surface area contributed by atoms with Gasteiger partial charge in [-0.2, -0.15) is 0 Å². The predicted molar refractivity (Wildman–Crippen MR) is 81.2 cm³/mol.